The van der Waals surface area contributed by atoms with Gasteiger partial charge in [0.2, 0.25) is 0 Å². The van der Waals surface area contributed by atoms with Crippen LogP contribution in [0.4, 0.5) is 20.4 Å². The van der Waals surface area contributed by atoms with E-state index >= 15 is 4.39 Å². The number of benzene rings is 1. The maximum atomic E-state index is 16.0. The Morgan fingerprint density at radius 2 is 2.00 bits per heavy atom. The number of nitrogens with zero attached hydrogens (tertiary/aromatic N) is 4. The van der Waals surface area contributed by atoms with Crippen molar-refractivity contribution in [1.29, 1.82) is 0 Å². The number of hydrogen-bond donors (Lipinski definition) is 4. The molecule has 0 aliphatic carbocycles. The first-order valence-electron chi connectivity index (χ1n) is 13.1. The molecule has 1 aliphatic rings. The van der Waals surface area contributed by atoms with Crippen LogP contribution in [-0.2, 0) is 13.0 Å². The number of likely N-dealkylation sites (tertiary alicyclic amines) is 1. The summed E-state index contributed by atoms with van der Waals surface area (Å²) in [6.45, 7) is 4.59. The van der Waals surface area contributed by atoms with Crippen LogP contribution in [0.15, 0.2) is 54.9 Å². The van der Waals surface area contributed by atoms with Gasteiger partial charge >= 0.3 is 0 Å². The number of piperidine rings is 1. The van der Waals surface area contributed by atoms with Gasteiger partial charge in [0.05, 0.1) is 10.7 Å². The molecule has 0 amide bonds. The minimum atomic E-state index is -1.71. The Hall–Kier alpha value is -3.44. The highest BCUT2D eigenvalue weighted by Gasteiger charge is 2.44. The molecule has 4 N–H and O–H groups in total. The van der Waals surface area contributed by atoms with E-state index in [4.69, 9.17) is 11.6 Å². The Bertz CT molecular complexity index is 1480. The lowest BCUT2D eigenvalue weighted by molar-refractivity contribution is -0.162. The topological polar surface area (TPSA) is 110 Å². The number of pyridine rings is 2. The third-order valence-corrected chi connectivity index (χ3v) is 7.95. The van der Waals surface area contributed by atoms with Gasteiger partial charge < -0.3 is 15.5 Å². The van der Waals surface area contributed by atoms with Crippen molar-refractivity contribution in [3.63, 3.8) is 0 Å². The number of hydrogen-bond acceptors (Lipinski definition) is 7. The van der Waals surface area contributed by atoms with Crippen molar-refractivity contribution in [3.8, 4) is 11.1 Å². The van der Waals surface area contributed by atoms with Crippen molar-refractivity contribution >= 4 is 23.2 Å². The molecule has 0 bridgehead atoms. The molecule has 3 aromatic heterocycles. The second-order valence-corrected chi connectivity index (χ2v) is 10.9. The summed E-state index contributed by atoms with van der Waals surface area (Å²) in [4.78, 5) is 10.7. The average molecular weight is 569 g/mol. The molecule has 4 heterocycles. The van der Waals surface area contributed by atoms with Crippen molar-refractivity contribution in [2.24, 2.45) is 5.41 Å². The zero-order valence-electron chi connectivity index (χ0n) is 22.2. The first kappa shape index (κ1) is 28.1. The van der Waals surface area contributed by atoms with Gasteiger partial charge in [-0.1, -0.05) is 29.8 Å². The lowest BCUT2D eigenvalue weighted by atomic mass is 9.71. The lowest BCUT2D eigenvalue weighted by Gasteiger charge is -2.46. The maximum absolute atomic E-state index is 16.0. The van der Waals surface area contributed by atoms with Crippen molar-refractivity contribution in [3.05, 3.63) is 88.5 Å². The number of aromatic nitrogens is 4. The fourth-order valence-electron chi connectivity index (χ4n) is 5.46. The summed E-state index contributed by atoms with van der Waals surface area (Å²) in [5.41, 5.74) is 1.21. The van der Waals surface area contributed by atoms with Crippen molar-refractivity contribution in [2.45, 2.75) is 52.0 Å². The van der Waals surface area contributed by atoms with E-state index in [1.54, 1.807) is 48.8 Å². The third-order valence-electron chi connectivity index (χ3n) is 7.66. The van der Waals surface area contributed by atoms with Crippen molar-refractivity contribution in [1.82, 2.24) is 25.1 Å². The Labute approximate surface area is 236 Å². The molecule has 1 aliphatic heterocycles. The average Bonchev–Trinajstić information content (AvgIpc) is 3.34. The number of aliphatic hydroxyl groups is 2. The predicted octanol–water partition coefficient (Wildman–Crippen LogP) is 5.37. The van der Waals surface area contributed by atoms with Gasteiger partial charge in [-0.2, -0.15) is 5.10 Å². The van der Waals surface area contributed by atoms with Gasteiger partial charge in [0.1, 0.15) is 11.6 Å². The Morgan fingerprint density at radius 3 is 2.67 bits per heavy atom. The van der Waals surface area contributed by atoms with Crippen LogP contribution >= 0.6 is 11.6 Å². The summed E-state index contributed by atoms with van der Waals surface area (Å²) in [7, 11) is 0. The van der Waals surface area contributed by atoms with E-state index in [1.165, 1.54) is 6.07 Å². The van der Waals surface area contributed by atoms with E-state index in [0.717, 1.165) is 5.69 Å². The van der Waals surface area contributed by atoms with Crippen LogP contribution < -0.4 is 5.32 Å². The zero-order chi connectivity index (χ0) is 28.4. The first-order chi connectivity index (χ1) is 19.1. The highest BCUT2D eigenvalue weighted by atomic mass is 35.5. The van der Waals surface area contributed by atoms with Crippen LogP contribution in [0.25, 0.3) is 11.1 Å². The predicted molar refractivity (Wildman–Crippen MR) is 149 cm³/mol. The Morgan fingerprint density at radius 1 is 1.18 bits per heavy atom. The molecule has 11 heteroatoms. The molecule has 0 radical (unpaired) electrons. The largest absolute Gasteiger partial charge is 0.368 e. The highest BCUT2D eigenvalue weighted by Crippen LogP contribution is 2.42. The van der Waals surface area contributed by atoms with Gasteiger partial charge in [-0.3, -0.25) is 15.0 Å². The van der Waals surface area contributed by atoms with E-state index in [9.17, 15) is 14.6 Å². The van der Waals surface area contributed by atoms with Crippen LogP contribution in [0.1, 0.15) is 36.7 Å². The molecule has 5 rings (SSSR count). The monoisotopic (exact) mass is 568 g/mol. The van der Waals surface area contributed by atoms with E-state index in [0.29, 0.717) is 48.7 Å². The molecule has 4 aromatic rings. The number of H-pyrrole nitrogens is 1. The molecule has 8 nitrogen and oxygen atoms in total. The molecule has 1 aromatic carbocycles. The highest BCUT2D eigenvalue weighted by molar-refractivity contribution is 6.30. The quantitative estimate of drug-likeness (QED) is 0.211. The number of aromatic amines is 1. The molecule has 0 saturated carbocycles. The fourth-order valence-corrected chi connectivity index (χ4v) is 5.65. The van der Waals surface area contributed by atoms with Crippen molar-refractivity contribution in [2.75, 3.05) is 11.9 Å². The standard InChI is InChI=1S/C29H31ClF2N6O2/c1-17-11-25(37-36-17)35-24-12-21(19-6-4-9-33-15-19)27(32)23(34-24)14-29(28(39)40)8-10-38(18(2)13-29)16-20-5-3-7-22(30)26(20)31/h3-7,9,11-12,15,18,28,39-40H,8,10,13-14,16H2,1-2H3,(H2,34,35,36,37)/t18-,29-/m1/s1. The first-order valence-corrected chi connectivity index (χ1v) is 13.4. The molecule has 2 atom stereocenters. The Kier molecular flexibility index (Phi) is 8.14. The lowest BCUT2D eigenvalue weighted by Crippen LogP contribution is -2.51. The molecular weight excluding hydrogens is 538 g/mol. The number of rotatable bonds is 8. The van der Waals surface area contributed by atoms with Crippen LogP contribution in [0.5, 0.6) is 0 Å². The van der Waals surface area contributed by atoms with Gasteiger partial charge in [-0.15, -0.1) is 0 Å². The Balaban J connectivity index is 1.45. The molecule has 1 fully saturated rings. The molecule has 210 valence electrons. The fraction of sp³-hybridized carbons (Fsp3) is 0.345. The van der Waals surface area contributed by atoms with Gasteiger partial charge in [0.25, 0.3) is 0 Å². The minimum absolute atomic E-state index is 0.0113. The third kappa shape index (κ3) is 5.85. The second kappa shape index (κ2) is 11.6. The van der Waals surface area contributed by atoms with Gasteiger partial charge in [0, 0.05) is 65.3 Å². The number of anilines is 2. The maximum Gasteiger partial charge on any atom is 0.157 e. The van der Waals surface area contributed by atoms with Gasteiger partial charge in [-0.25, -0.2) is 13.8 Å². The van der Waals surface area contributed by atoms with Gasteiger partial charge in [0.15, 0.2) is 17.9 Å². The van der Waals surface area contributed by atoms with E-state index < -0.39 is 23.3 Å². The summed E-state index contributed by atoms with van der Waals surface area (Å²) in [6.07, 6.45) is 2.13. The normalized spacial score (nSPS) is 19.8. The van der Waals surface area contributed by atoms with E-state index in [1.807, 2.05) is 13.8 Å². The SMILES string of the molecule is Cc1cc(Nc2cc(-c3cccnc3)c(F)c(C[C@@]3(C(O)O)CCN(Cc4cccc(Cl)c4F)[C@H](C)C3)n2)n[nH]1. The van der Waals surface area contributed by atoms with Crippen LogP contribution in [-0.4, -0.2) is 54.2 Å². The van der Waals surface area contributed by atoms with Crippen LogP contribution in [0.2, 0.25) is 5.02 Å². The van der Waals surface area contributed by atoms with Gasteiger partial charge in [-0.05, 0) is 51.4 Å². The second-order valence-electron chi connectivity index (χ2n) is 10.5. The van der Waals surface area contributed by atoms with Crippen molar-refractivity contribution < 1.29 is 19.0 Å². The number of nitrogens with one attached hydrogen (secondary N) is 2. The summed E-state index contributed by atoms with van der Waals surface area (Å²) in [6, 6.07) is 11.6. The van der Waals surface area contributed by atoms with Crippen LogP contribution in [0, 0.1) is 24.0 Å². The summed E-state index contributed by atoms with van der Waals surface area (Å²) < 4.78 is 30.6. The summed E-state index contributed by atoms with van der Waals surface area (Å²) >= 11 is 5.97. The number of aliphatic hydroxyl groups excluding tert-OH is 1. The zero-order valence-corrected chi connectivity index (χ0v) is 23.0. The molecule has 0 spiro atoms. The van der Waals surface area contributed by atoms with E-state index in [-0.39, 0.29) is 28.7 Å². The smallest absolute Gasteiger partial charge is 0.157 e. The van der Waals surface area contributed by atoms with E-state index in [2.05, 4.69) is 30.4 Å². The summed E-state index contributed by atoms with van der Waals surface area (Å²) in [5, 5.41) is 31.5. The molecular formula is C29H31ClF2N6O2. The minimum Gasteiger partial charge on any atom is -0.368 e. The molecule has 1 saturated heterocycles. The van der Waals surface area contributed by atoms with Crippen LogP contribution in [0.3, 0.4) is 0 Å². The molecule has 0 unspecified atom stereocenters. The number of aryl methyl sites for hydroxylation is 1. The molecule has 40 heavy (non-hydrogen) atoms. The number of halogens is 3. The summed E-state index contributed by atoms with van der Waals surface area (Å²) in [5.74, 6) is -0.119.